The molecule has 0 radical (unpaired) electrons. The second kappa shape index (κ2) is 9.36. The highest BCUT2D eigenvalue weighted by atomic mass is 19.3. The van der Waals surface area contributed by atoms with E-state index in [1.807, 2.05) is 0 Å². The van der Waals surface area contributed by atoms with Gasteiger partial charge < -0.3 is 10.7 Å². The Morgan fingerprint density at radius 1 is 0.968 bits per heavy atom. The van der Waals surface area contributed by atoms with Crippen LogP contribution in [0.4, 0.5) is 17.6 Å². The minimum absolute atomic E-state index is 0.00403. The van der Waals surface area contributed by atoms with Crippen LogP contribution >= 0.6 is 0 Å². The molecule has 2 aliphatic rings. The lowest BCUT2D eigenvalue weighted by molar-refractivity contribution is -0.0544. The molecule has 9 heteroatoms. The van der Waals surface area contributed by atoms with E-state index in [1.54, 1.807) is 6.07 Å². The molecule has 0 aromatic carbocycles. The quantitative estimate of drug-likeness (QED) is 0.505. The van der Waals surface area contributed by atoms with Crippen molar-refractivity contribution >= 4 is 16.8 Å². The number of primary amides is 1. The van der Waals surface area contributed by atoms with Crippen LogP contribution in [0.3, 0.4) is 0 Å². The largest absolute Gasteiger partial charge is 0.364 e. The van der Waals surface area contributed by atoms with Crippen LogP contribution in [-0.2, 0) is 0 Å². The molecule has 0 spiro atoms. The topological polar surface area (TPSA) is 88.8 Å². The molecule has 2 aromatic rings. The Labute approximate surface area is 177 Å². The Kier molecular flexibility index (Phi) is 7.01. The predicted octanol–water partition coefficient (Wildman–Crippen LogP) is 5.05. The van der Waals surface area contributed by atoms with Crippen LogP contribution in [0, 0.1) is 11.8 Å². The van der Waals surface area contributed by atoms with E-state index in [0.29, 0.717) is 31.2 Å². The first-order chi connectivity index (χ1) is 14.6. The smallest absolute Gasteiger partial charge is 0.268 e. The maximum atomic E-state index is 13.2. The second-order valence-electron chi connectivity index (χ2n) is 8.53. The standard InChI is InChI=1S/C13H20F4.C9H7N3O2/c14-12(15)6-1-2-10(3-7-12)11-4-8-13(16,17)9-5-11;10-9(14)8-7-5(1-3-12-8)11-4-2-6(7)13/h10-11H,1-9H2;1-4H,(H2,10,14)(H,11,13)/t10-;/m1./s1. The summed E-state index contributed by atoms with van der Waals surface area (Å²) in [6.07, 6.45) is 5.66. The van der Waals surface area contributed by atoms with Gasteiger partial charge in [-0.15, -0.1) is 0 Å². The van der Waals surface area contributed by atoms with Crippen molar-refractivity contribution in [1.82, 2.24) is 9.97 Å². The van der Waals surface area contributed by atoms with Gasteiger partial charge in [-0.25, -0.2) is 17.6 Å². The van der Waals surface area contributed by atoms with E-state index < -0.39 is 17.8 Å². The third kappa shape index (κ3) is 6.04. The molecule has 0 bridgehead atoms. The molecule has 170 valence electrons. The minimum Gasteiger partial charge on any atom is -0.364 e. The van der Waals surface area contributed by atoms with Crippen LogP contribution in [0.1, 0.15) is 68.3 Å². The monoisotopic (exact) mass is 441 g/mol. The van der Waals surface area contributed by atoms with E-state index >= 15 is 0 Å². The fourth-order valence-electron chi connectivity index (χ4n) is 4.60. The van der Waals surface area contributed by atoms with E-state index in [0.717, 1.165) is 6.42 Å². The molecule has 5 nitrogen and oxygen atoms in total. The molecule has 2 aromatic heterocycles. The lowest BCUT2D eigenvalue weighted by Crippen LogP contribution is -2.28. The van der Waals surface area contributed by atoms with Crippen molar-refractivity contribution in [2.24, 2.45) is 17.6 Å². The summed E-state index contributed by atoms with van der Waals surface area (Å²) in [5, 5.41) is 0.238. The molecule has 1 atom stereocenters. The Morgan fingerprint density at radius 2 is 1.55 bits per heavy atom. The van der Waals surface area contributed by atoms with E-state index in [-0.39, 0.29) is 54.0 Å². The van der Waals surface area contributed by atoms with E-state index in [9.17, 15) is 27.2 Å². The van der Waals surface area contributed by atoms with Crippen molar-refractivity contribution in [1.29, 1.82) is 0 Å². The molecule has 2 saturated carbocycles. The zero-order valence-corrected chi connectivity index (χ0v) is 17.2. The highest BCUT2D eigenvalue weighted by Gasteiger charge is 2.40. The van der Waals surface area contributed by atoms with Crippen molar-refractivity contribution in [3.63, 3.8) is 0 Å². The van der Waals surface area contributed by atoms with Gasteiger partial charge in [0.25, 0.3) is 5.91 Å². The predicted molar refractivity (Wildman–Crippen MR) is 109 cm³/mol. The first kappa shape index (κ1) is 23.2. The first-order valence-corrected chi connectivity index (χ1v) is 10.6. The highest BCUT2D eigenvalue weighted by Crippen LogP contribution is 2.44. The van der Waals surface area contributed by atoms with Gasteiger partial charge in [0.2, 0.25) is 11.8 Å². The van der Waals surface area contributed by atoms with Crippen LogP contribution < -0.4 is 11.2 Å². The normalized spacial score (nSPS) is 23.4. The molecule has 2 heterocycles. The van der Waals surface area contributed by atoms with Gasteiger partial charge in [0.15, 0.2) is 5.43 Å². The molecule has 0 unspecified atom stereocenters. The van der Waals surface area contributed by atoms with Crippen LogP contribution in [0.15, 0.2) is 29.3 Å². The molecule has 1 amide bonds. The third-order valence-electron chi connectivity index (χ3n) is 6.33. The molecule has 2 aliphatic carbocycles. The number of H-pyrrole nitrogens is 1. The molecule has 2 fully saturated rings. The van der Waals surface area contributed by atoms with Gasteiger partial charge in [-0.05, 0) is 50.0 Å². The Morgan fingerprint density at radius 3 is 2.16 bits per heavy atom. The average Bonchev–Trinajstić information content (AvgIpc) is 2.89. The number of carbonyl (C=O) groups is 1. The van der Waals surface area contributed by atoms with Crippen LogP contribution in [0.5, 0.6) is 0 Å². The fourth-order valence-corrected chi connectivity index (χ4v) is 4.60. The SMILES string of the molecule is FC1(F)CCC([C@@H]2CCCC(F)(F)CC2)CC1.NC(=O)c1nccc2[nH]ccc(=O)c12. The van der Waals surface area contributed by atoms with Crippen LogP contribution in [0.2, 0.25) is 0 Å². The van der Waals surface area contributed by atoms with Gasteiger partial charge in [0.05, 0.1) is 10.9 Å². The lowest BCUT2D eigenvalue weighted by Gasteiger charge is -2.33. The van der Waals surface area contributed by atoms with Crippen molar-refractivity contribution in [2.45, 2.75) is 69.6 Å². The highest BCUT2D eigenvalue weighted by molar-refractivity contribution is 6.03. The summed E-state index contributed by atoms with van der Waals surface area (Å²) >= 11 is 0. The number of pyridine rings is 2. The van der Waals surface area contributed by atoms with Gasteiger partial charge in [-0.1, -0.05) is 0 Å². The summed E-state index contributed by atoms with van der Waals surface area (Å²) in [7, 11) is 0. The van der Waals surface area contributed by atoms with Gasteiger partial charge in [0.1, 0.15) is 5.69 Å². The average molecular weight is 441 g/mol. The number of hydrogen-bond donors (Lipinski definition) is 2. The number of aromatic nitrogens is 2. The zero-order valence-electron chi connectivity index (χ0n) is 17.2. The van der Waals surface area contributed by atoms with Crippen molar-refractivity contribution in [3.8, 4) is 0 Å². The Balaban J connectivity index is 0.000000179. The number of nitrogens with two attached hydrogens (primary N) is 1. The molecule has 31 heavy (non-hydrogen) atoms. The summed E-state index contributed by atoms with van der Waals surface area (Å²) in [4.78, 5) is 29.0. The number of carbonyl (C=O) groups excluding carboxylic acids is 1. The van der Waals surface area contributed by atoms with Crippen LogP contribution in [-0.4, -0.2) is 27.7 Å². The summed E-state index contributed by atoms with van der Waals surface area (Å²) < 4.78 is 52.5. The van der Waals surface area contributed by atoms with Crippen molar-refractivity contribution < 1.29 is 22.4 Å². The van der Waals surface area contributed by atoms with Gasteiger partial charge >= 0.3 is 0 Å². The molecule has 4 rings (SSSR count). The number of aromatic amines is 1. The second-order valence-corrected chi connectivity index (χ2v) is 8.53. The Hall–Kier alpha value is -2.45. The number of amides is 1. The van der Waals surface area contributed by atoms with E-state index in [1.165, 1.54) is 18.5 Å². The number of rotatable bonds is 2. The fraction of sp³-hybridized carbons (Fsp3) is 0.591. The first-order valence-electron chi connectivity index (χ1n) is 10.6. The number of hydrogen-bond acceptors (Lipinski definition) is 3. The molecular weight excluding hydrogens is 414 g/mol. The maximum Gasteiger partial charge on any atom is 0.268 e. The van der Waals surface area contributed by atoms with E-state index in [4.69, 9.17) is 5.73 Å². The number of alkyl halides is 4. The third-order valence-corrected chi connectivity index (χ3v) is 6.33. The number of nitrogens with one attached hydrogen (secondary N) is 1. The molecule has 0 aliphatic heterocycles. The van der Waals surface area contributed by atoms with Gasteiger partial charge in [-0.2, -0.15) is 0 Å². The van der Waals surface area contributed by atoms with Gasteiger partial charge in [0, 0.05) is 44.1 Å². The summed E-state index contributed by atoms with van der Waals surface area (Å²) in [5.74, 6) is -5.23. The molecular formula is C22H27F4N3O2. The summed E-state index contributed by atoms with van der Waals surface area (Å²) in [6.45, 7) is 0. The number of nitrogens with zero attached hydrogens (tertiary/aromatic N) is 1. The zero-order chi connectivity index (χ0) is 22.6. The molecule has 3 N–H and O–H groups in total. The lowest BCUT2D eigenvalue weighted by atomic mass is 9.75. The number of halogens is 4. The van der Waals surface area contributed by atoms with Crippen LogP contribution in [0.25, 0.3) is 10.9 Å². The Bertz CT molecular complexity index is 961. The van der Waals surface area contributed by atoms with Crippen molar-refractivity contribution in [2.75, 3.05) is 0 Å². The summed E-state index contributed by atoms with van der Waals surface area (Å²) in [6, 6.07) is 2.94. The summed E-state index contributed by atoms with van der Waals surface area (Å²) in [5.41, 5.74) is 5.39. The minimum atomic E-state index is -2.52. The number of fused-ring (bicyclic) bond motifs is 1. The maximum absolute atomic E-state index is 13.2. The van der Waals surface area contributed by atoms with Gasteiger partial charge in [-0.3, -0.25) is 14.6 Å². The molecule has 0 saturated heterocycles. The van der Waals surface area contributed by atoms with Crippen molar-refractivity contribution in [3.05, 3.63) is 40.4 Å². The van der Waals surface area contributed by atoms with E-state index in [2.05, 4.69) is 9.97 Å².